The van der Waals surface area contributed by atoms with Crippen LogP contribution in [-0.2, 0) is 6.61 Å². The molecule has 6 heteroatoms. The zero-order valence-electron chi connectivity index (χ0n) is 9.26. The van der Waals surface area contributed by atoms with E-state index in [4.69, 9.17) is 26.5 Å². The van der Waals surface area contributed by atoms with Gasteiger partial charge in [-0.15, -0.1) is 10.2 Å². The number of nitrogens with two attached hydrogens (primary N) is 1. The molecule has 1 aromatic heterocycles. The molecule has 0 aliphatic carbocycles. The Bertz CT molecular complexity index is 499. The van der Waals surface area contributed by atoms with Gasteiger partial charge in [-0.05, 0) is 25.1 Å². The third kappa shape index (κ3) is 3.18. The van der Waals surface area contributed by atoms with Crippen LogP contribution in [0.1, 0.15) is 24.7 Å². The van der Waals surface area contributed by atoms with Crippen molar-refractivity contribution < 1.29 is 9.15 Å². The van der Waals surface area contributed by atoms with Crippen molar-refractivity contribution in [2.75, 3.05) is 0 Å². The van der Waals surface area contributed by atoms with Gasteiger partial charge in [0.15, 0.2) is 6.61 Å². The largest absolute Gasteiger partial charge is 0.484 e. The van der Waals surface area contributed by atoms with Crippen LogP contribution in [-0.4, -0.2) is 10.2 Å². The number of rotatable bonds is 4. The molecule has 0 saturated carbocycles. The molecule has 1 aromatic carbocycles. The molecule has 0 amide bonds. The fraction of sp³-hybridized carbons (Fsp3) is 0.273. The summed E-state index contributed by atoms with van der Waals surface area (Å²) in [6.45, 7) is 1.97. The molecule has 0 aliphatic rings. The summed E-state index contributed by atoms with van der Waals surface area (Å²) in [6, 6.07) is 6.82. The quantitative estimate of drug-likeness (QED) is 0.905. The Labute approximate surface area is 104 Å². The molecule has 0 bridgehead atoms. The molecular formula is C11H12ClN3O2. The number of hydrogen-bond acceptors (Lipinski definition) is 5. The van der Waals surface area contributed by atoms with Crippen LogP contribution in [0, 0.1) is 0 Å². The Morgan fingerprint density at radius 1 is 1.47 bits per heavy atom. The van der Waals surface area contributed by atoms with Crippen LogP contribution in [0.3, 0.4) is 0 Å². The normalized spacial score (nSPS) is 12.4. The van der Waals surface area contributed by atoms with Gasteiger partial charge in [0, 0.05) is 5.02 Å². The lowest BCUT2D eigenvalue weighted by atomic mass is 10.3. The summed E-state index contributed by atoms with van der Waals surface area (Å²) in [4.78, 5) is 0. The summed E-state index contributed by atoms with van der Waals surface area (Å²) >= 11 is 5.82. The van der Waals surface area contributed by atoms with E-state index in [2.05, 4.69) is 10.2 Å². The molecule has 2 N–H and O–H groups in total. The van der Waals surface area contributed by atoms with Crippen LogP contribution in [0.15, 0.2) is 28.7 Å². The molecule has 1 heterocycles. The van der Waals surface area contributed by atoms with Crippen molar-refractivity contribution >= 4 is 11.6 Å². The second kappa shape index (κ2) is 5.16. The zero-order valence-corrected chi connectivity index (χ0v) is 10.0. The van der Waals surface area contributed by atoms with Crippen molar-refractivity contribution in [2.45, 2.75) is 19.6 Å². The number of aromatic nitrogens is 2. The van der Waals surface area contributed by atoms with Crippen molar-refractivity contribution in [3.63, 3.8) is 0 Å². The molecule has 1 atom stereocenters. The topological polar surface area (TPSA) is 74.2 Å². The van der Waals surface area contributed by atoms with E-state index in [-0.39, 0.29) is 12.6 Å². The number of halogens is 1. The van der Waals surface area contributed by atoms with Crippen LogP contribution in [0.5, 0.6) is 5.75 Å². The highest BCUT2D eigenvalue weighted by atomic mass is 35.5. The van der Waals surface area contributed by atoms with Crippen LogP contribution < -0.4 is 10.5 Å². The minimum absolute atomic E-state index is 0.195. The van der Waals surface area contributed by atoms with Gasteiger partial charge < -0.3 is 14.9 Å². The molecule has 2 rings (SSSR count). The van der Waals surface area contributed by atoms with E-state index in [1.165, 1.54) is 0 Å². The van der Waals surface area contributed by atoms with Gasteiger partial charge in [0.2, 0.25) is 5.89 Å². The minimum atomic E-state index is -0.276. The van der Waals surface area contributed by atoms with E-state index in [0.717, 1.165) is 0 Å². The molecule has 5 nitrogen and oxygen atoms in total. The Balaban J connectivity index is 1.97. The number of benzene rings is 1. The SMILES string of the molecule is CC(N)c1nnc(COc2cccc(Cl)c2)o1. The third-order valence-electron chi connectivity index (χ3n) is 2.03. The number of hydrogen-bond donors (Lipinski definition) is 1. The predicted molar refractivity (Wildman–Crippen MR) is 62.7 cm³/mol. The second-order valence-corrected chi connectivity index (χ2v) is 4.01. The van der Waals surface area contributed by atoms with E-state index >= 15 is 0 Å². The van der Waals surface area contributed by atoms with E-state index < -0.39 is 0 Å². The minimum Gasteiger partial charge on any atom is -0.484 e. The predicted octanol–water partition coefficient (Wildman–Crippen LogP) is 2.32. The van der Waals surface area contributed by atoms with Crippen molar-refractivity contribution in [2.24, 2.45) is 5.73 Å². The van der Waals surface area contributed by atoms with Crippen LogP contribution in [0.2, 0.25) is 5.02 Å². The monoisotopic (exact) mass is 253 g/mol. The molecule has 90 valence electrons. The van der Waals surface area contributed by atoms with Gasteiger partial charge in [-0.25, -0.2) is 0 Å². The molecule has 17 heavy (non-hydrogen) atoms. The number of ether oxygens (including phenoxy) is 1. The molecule has 0 spiro atoms. The maximum Gasteiger partial charge on any atom is 0.253 e. The summed E-state index contributed by atoms with van der Waals surface area (Å²) in [5.41, 5.74) is 5.60. The van der Waals surface area contributed by atoms with E-state index in [9.17, 15) is 0 Å². The average molecular weight is 254 g/mol. The molecular weight excluding hydrogens is 242 g/mol. The second-order valence-electron chi connectivity index (χ2n) is 3.57. The molecule has 0 aliphatic heterocycles. The molecule has 2 aromatic rings. The van der Waals surface area contributed by atoms with Crippen molar-refractivity contribution in [3.8, 4) is 5.75 Å². The van der Waals surface area contributed by atoms with Crippen LogP contribution >= 0.6 is 11.6 Å². The standard InChI is InChI=1S/C11H12ClN3O2/c1-7(13)11-15-14-10(17-11)6-16-9-4-2-3-8(12)5-9/h2-5,7H,6,13H2,1H3. The first kappa shape index (κ1) is 11.9. The zero-order chi connectivity index (χ0) is 12.3. The lowest BCUT2D eigenvalue weighted by Crippen LogP contribution is -2.04. The fourth-order valence-electron chi connectivity index (χ4n) is 1.21. The summed E-state index contributed by atoms with van der Waals surface area (Å²) in [5, 5.41) is 8.23. The smallest absolute Gasteiger partial charge is 0.253 e. The maximum absolute atomic E-state index is 5.82. The summed E-state index contributed by atoms with van der Waals surface area (Å²) in [5.74, 6) is 1.44. The average Bonchev–Trinajstić information content (AvgIpc) is 2.75. The first-order valence-corrected chi connectivity index (χ1v) is 5.49. The summed E-state index contributed by atoms with van der Waals surface area (Å²) in [6.07, 6.45) is 0. The molecule has 0 fully saturated rings. The lowest BCUT2D eigenvalue weighted by molar-refractivity contribution is 0.257. The molecule has 0 saturated heterocycles. The van der Waals surface area contributed by atoms with E-state index in [1.54, 1.807) is 31.2 Å². The Morgan fingerprint density at radius 3 is 2.94 bits per heavy atom. The van der Waals surface area contributed by atoms with Gasteiger partial charge in [-0.2, -0.15) is 0 Å². The Kier molecular flexibility index (Phi) is 3.61. The maximum atomic E-state index is 5.82. The van der Waals surface area contributed by atoms with Crippen molar-refractivity contribution in [1.82, 2.24) is 10.2 Å². The molecule has 0 radical (unpaired) electrons. The van der Waals surface area contributed by atoms with Gasteiger partial charge in [0.1, 0.15) is 5.75 Å². The summed E-state index contributed by atoms with van der Waals surface area (Å²) < 4.78 is 10.7. The van der Waals surface area contributed by atoms with Gasteiger partial charge in [0.25, 0.3) is 5.89 Å². The van der Waals surface area contributed by atoms with Crippen LogP contribution in [0.4, 0.5) is 0 Å². The lowest BCUT2D eigenvalue weighted by Gasteiger charge is -2.02. The molecule has 1 unspecified atom stereocenters. The summed E-state index contributed by atoms with van der Waals surface area (Å²) in [7, 11) is 0. The highest BCUT2D eigenvalue weighted by molar-refractivity contribution is 6.30. The number of nitrogens with zero attached hydrogens (tertiary/aromatic N) is 2. The van der Waals surface area contributed by atoms with E-state index in [0.29, 0.717) is 22.6 Å². The van der Waals surface area contributed by atoms with Gasteiger partial charge in [-0.1, -0.05) is 17.7 Å². The first-order valence-electron chi connectivity index (χ1n) is 5.11. The Hall–Kier alpha value is -1.59. The van der Waals surface area contributed by atoms with Crippen LogP contribution in [0.25, 0.3) is 0 Å². The highest BCUT2D eigenvalue weighted by Gasteiger charge is 2.10. The van der Waals surface area contributed by atoms with Crippen molar-refractivity contribution in [3.05, 3.63) is 41.1 Å². The van der Waals surface area contributed by atoms with Crippen molar-refractivity contribution in [1.29, 1.82) is 0 Å². The first-order chi connectivity index (χ1) is 8.15. The van der Waals surface area contributed by atoms with Gasteiger partial charge in [0.05, 0.1) is 6.04 Å². The Morgan fingerprint density at radius 2 is 2.29 bits per heavy atom. The van der Waals surface area contributed by atoms with Gasteiger partial charge >= 0.3 is 0 Å². The highest BCUT2D eigenvalue weighted by Crippen LogP contribution is 2.18. The fourth-order valence-corrected chi connectivity index (χ4v) is 1.39. The van der Waals surface area contributed by atoms with E-state index in [1.807, 2.05) is 0 Å². The third-order valence-corrected chi connectivity index (χ3v) is 2.27. The van der Waals surface area contributed by atoms with Gasteiger partial charge in [-0.3, -0.25) is 0 Å².